The molecule has 36 heavy (non-hydrogen) atoms. The number of fused-ring (bicyclic) bond motifs is 1. The van der Waals surface area contributed by atoms with Crippen LogP contribution in [-0.2, 0) is 9.30 Å². The number of nitrogens with one attached hydrogen (secondary N) is 4. The summed E-state index contributed by atoms with van der Waals surface area (Å²) < 4.78 is 18.2. The van der Waals surface area contributed by atoms with Gasteiger partial charge in [-0.2, -0.15) is 9.97 Å². The van der Waals surface area contributed by atoms with Gasteiger partial charge in [-0.15, -0.1) is 0 Å². The fraction of sp³-hybridized carbons (Fsp3) is 0.269. The summed E-state index contributed by atoms with van der Waals surface area (Å²) in [5, 5.41) is 11.2. The number of hydrogen-bond donors (Lipinski definition) is 4. The summed E-state index contributed by atoms with van der Waals surface area (Å²) in [6.45, 7) is 4.86. The largest absolute Gasteiger partial charge is 0.381 e. The Kier molecular flexibility index (Phi) is 6.76. The van der Waals surface area contributed by atoms with Crippen molar-refractivity contribution in [2.24, 2.45) is 0 Å². The van der Waals surface area contributed by atoms with Gasteiger partial charge in [-0.05, 0) is 68.6 Å². The summed E-state index contributed by atoms with van der Waals surface area (Å²) in [6, 6.07) is 16.8. The van der Waals surface area contributed by atoms with Crippen LogP contribution in [-0.4, -0.2) is 53.4 Å². The number of para-hydroxylation sites is 1. The highest BCUT2D eigenvalue weighted by Crippen LogP contribution is 2.38. The summed E-state index contributed by atoms with van der Waals surface area (Å²) >= 11 is 0. The van der Waals surface area contributed by atoms with Crippen molar-refractivity contribution in [2.45, 2.75) is 18.9 Å². The number of ether oxygens (including phenoxy) is 1. The van der Waals surface area contributed by atoms with E-state index < -0.39 is 7.14 Å². The summed E-state index contributed by atoms with van der Waals surface area (Å²) in [5.41, 5.74) is 2.76. The van der Waals surface area contributed by atoms with Crippen molar-refractivity contribution in [2.75, 3.05) is 37.2 Å². The van der Waals surface area contributed by atoms with Crippen LogP contribution in [0.4, 0.5) is 23.1 Å². The molecule has 0 aliphatic carbocycles. The zero-order valence-corrected chi connectivity index (χ0v) is 21.1. The predicted molar refractivity (Wildman–Crippen MR) is 144 cm³/mol. The molecule has 0 radical (unpaired) electrons. The molecule has 4 N–H and O–H groups in total. The van der Waals surface area contributed by atoms with E-state index in [1.54, 1.807) is 31.7 Å². The van der Waals surface area contributed by atoms with Crippen LogP contribution >= 0.6 is 7.14 Å². The molecule has 3 heterocycles. The maximum Gasteiger partial charge on any atom is 0.251 e. The monoisotopic (exact) mass is 504 g/mol. The molecule has 1 amide bonds. The van der Waals surface area contributed by atoms with Crippen LogP contribution in [0.15, 0.2) is 60.8 Å². The van der Waals surface area contributed by atoms with Crippen molar-refractivity contribution < 1.29 is 14.1 Å². The van der Waals surface area contributed by atoms with Gasteiger partial charge in [-0.3, -0.25) is 4.79 Å². The molecule has 2 aromatic carbocycles. The third-order valence-corrected chi connectivity index (χ3v) is 7.66. The van der Waals surface area contributed by atoms with Crippen molar-refractivity contribution in [1.82, 2.24) is 20.3 Å². The lowest BCUT2D eigenvalue weighted by molar-refractivity contribution is 0.0696. The average molecular weight is 505 g/mol. The molecule has 186 valence electrons. The number of aromatic amines is 1. The minimum absolute atomic E-state index is 0.0909. The first-order valence-corrected chi connectivity index (χ1v) is 14.5. The molecule has 1 aliphatic heterocycles. The second-order valence-corrected chi connectivity index (χ2v) is 12.4. The Morgan fingerprint density at radius 3 is 2.50 bits per heavy atom. The number of aromatic nitrogens is 3. The molecule has 5 rings (SSSR count). The molecule has 0 saturated carbocycles. The lowest BCUT2D eigenvalue weighted by Gasteiger charge is -2.23. The number of carbonyl (C=O) groups excluding carboxylic acids is 1. The fourth-order valence-corrected chi connectivity index (χ4v) is 5.37. The first kappa shape index (κ1) is 24.0. The summed E-state index contributed by atoms with van der Waals surface area (Å²) in [5.74, 6) is 0.893. The molecule has 10 heteroatoms. The van der Waals surface area contributed by atoms with Crippen LogP contribution in [0.5, 0.6) is 0 Å². The van der Waals surface area contributed by atoms with E-state index in [0.717, 1.165) is 34.9 Å². The van der Waals surface area contributed by atoms with Crippen molar-refractivity contribution in [1.29, 1.82) is 0 Å². The Morgan fingerprint density at radius 2 is 1.75 bits per heavy atom. The lowest BCUT2D eigenvalue weighted by atomic mass is 10.1. The van der Waals surface area contributed by atoms with Crippen molar-refractivity contribution >= 4 is 52.5 Å². The van der Waals surface area contributed by atoms with Gasteiger partial charge in [0.1, 0.15) is 18.6 Å². The van der Waals surface area contributed by atoms with Crippen LogP contribution in [0.25, 0.3) is 11.0 Å². The molecule has 4 aromatic rings. The number of H-pyrrole nitrogens is 1. The number of rotatable bonds is 7. The summed E-state index contributed by atoms with van der Waals surface area (Å²) in [7, 11) is -2.50. The van der Waals surface area contributed by atoms with Gasteiger partial charge in [0.15, 0.2) is 0 Å². The van der Waals surface area contributed by atoms with Gasteiger partial charge < -0.3 is 30.2 Å². The molecule has 2 aromatic heterocycles. The highest BCUT2D eigenvalue weighted by Gasteiger charge is 2.19. The summed E-state index contributed by atoms with van der Waals surface area (Å²) in [6.07, 6.45) is 3.47. The van der Waals surface area contributed by atoms with E-state index in [9.17, 15) is 9.36 Å². The quantitative estimate of drug-likeness (QED) is 0.271. The molecule has 1 saturated heterocycles. The normalized spacial score (nSPS) is 14.5. The number of amides is 1. The molecule has 0 spiro atoms. The molecule has 0 unspecified atom stereocenters. The number of nitrogens with zero attached hydrogens (tertiary/aromatic N) is 2. The minimum Gasteiger partial charge on any atom is -0.381 e. The first-order chi connectivity index (χ1) is 17.4. The molecular weight excluding hydrogens is 475 g/mol. The predicted octanol–water partition coefficient (Wildman–Crippen LogP) is 4.60. The Balaban J connectivity index is 1.35. The lowest BCUT2D eigenvalue weighted by Crippen LogP contribution is -2.38. The van der Waals surface area contributed by atoms with E-state index >= 15 is 0 Å². The first-order valence-electron chi connectivity index (χ1n) is 11.9. The third-order valence-electron chi connectivity index (χ3n) is 6.11. The molecule has 1 aliphatic rings. The van der Waals surface area contributed by atoms with E-state index in [0.29, 0.717) is 36.2 Å². The highest BCUT2D eigenvalue weighted by molar-refractivity contribution is 7.70. The Labute approximate surface area is 209 Å². The van der Waals surface area contributed by atoms with Crippen LogP contribution < -0.4 is 21.3 Å². The van der Waals surface area contributed by atoms with Crippen LogP contribution in [0, 0.1) is 0 Å². The highest BCUT2D eigenvalue weighted by atomic mass is 31.2. The topological polar surface area (TPSA) is 121 Å². The molecule has 1 fully saturated rings. The van der Waals surface area contributed by atoms with Gasteiger partial charge in [0, 0.05) is 42.0 Å². The Bertz CT molecular complexity index is 1420. The fourth-order valence-electron chi connectivity index (χ4n) is 4.21. The van der Waals surface area contributed by atoms with Crippen molar-refractivity contribution in [3.05, 3.63) is 66.4 Å². The number of anilines is 4. The third kappa shape index (κ3) is 5.42. The van der Waals surface area contributed by atoms with Crippen LogP contribution in [0.1, 0.15) is 23.2 Å². The van der Waals surface area contributed by atoms with Gasteiger partial charge in [0.05, 0.1) is 11.1 Å². The van der Waals surface area contributed by atoms with Gasteiger partial charge in [0.2, 0.25) is 5.95 Å². The van der Waals surface area contributed by atoms with Crippen molar-refractivity contribution in [3.8, 4) is 0 Å². The van der Waals surface area contributed by atoms with Gasteiger partial charge in [-0.25, -0.2) is 0 Å². The minimum atomic E-state index is -2.50. The van der Waals surface area contributed by atoms with Gasteiger partial charge in [0.25, 0.3) is 5.91 Å². The standard InChI is InChI=1S/C26H29N6O3P/c1-36(2,34)22-6-4-3-5-21(22)30-24-20-11-14-27-23(20)31-26(32-24)29-18-9-7-17(8-10-18)25(33)28-19-12-15-35-16-13-19/h3-11,14,19H,12-13,15-16H2,1-2H3,(H,28,33)(H3,27,29,30,31,32). The molecule has 9 nitrogen and oxygen atoms in total. The second-order valence-electron chi connectivity index (χ2n) is 9.19. The zero-order chi connectivity index (χ0) is 25.1. The Hall–Kier alpha value is -3.68. The van der Waals surface area contributed by atoms with E-state index in [-0.39, 0.29) is 11.9 Å². The number of hydrogen-bond acceptors (Lipinski definition) is 7. The molecule has 0 atom stereocenters. The SMILES string of the molecule is CP(C)(=O)c1ccccc1Nc1nc(Nc2ccc(C(=O)NC3CCOCC3)cc2)nc2[nH]ccc12. The van der Waals surface area contributed by atoms with E-state index in [4.69, 9.17) is 4.74 Å². The molecular formula is C26H29N6O3P. The van der Waals surface area contributed by atoms with E-state index in [1.807, 2.05) is 42.5 Å². The van der Waals surface area contributed by atoms with Gasteiger partial charge >= 0.3 is 0 Å². The van der Waals surface area contributed by atoms with E-state index in [2.05, 4.69) is 30.9 Å². The number of benzene rings is 2. The molecule has 0 bridgehead atoms. The van der Waals surface area contributed by atoms with Crippen molar-refractivity contribution in [3.63, 3.8) is 0 Å². The number of carbonyl (C=O) groups is 1. The second kappa shape index (κ2) is 10.1. The maximum absolute atomic E-state index is 12.8. The average Bonchev–Trinajstić information content (AvgIpc) is 3.34. The smallest absolute Gasteiger partial charge is 0.251 e. The van der Waals surface area contributed by atoms with Crippen LogP contribution in [0.2, 0.25) is 0 Å². The van der Waals surface area contributed by atoms with Gasteiger partial charge in [-0.1, -0.05) is 12.1 Å². The Morgan fingerprint density at radius 1 is 1.00 bits per heavy atom. The maximum atomic E-state index is 12.8. The zero-order valence-electron chi connectivity index (χ0n) is 20.2. The summed E-state index contributed by atoms with van der Waals surface area (Å²) in [4.78, 5) is 25.0. The van der Waals surface area contributed by atoms with Crippen LogP contribution in [0.3, 0.4) is 0 Å². The van der Waals surface area contributed by atoms with E-state index in [1.165, 1.54) is 0 Å².